The maximum absolute atomic E-state index is 12.3. The monoisotopic (exact) mass is 336 g/mol. The summed E-state index contributed by atoms with van der Waals surface area (Å²) in [6, 6.07) is 5.89. The van der Waals surface area contributed by atoms with Gasteiger partial charge in [0.05, 0.1) is 13.2 Å². The quantitative estimate of drug-likeness (QED) is 0.655. The number of benzene rings is 1. The van der Waals surface area contributed by atoms with E-state index >= 15 is 0 Å². The highest BCUT2D eigenvalue weighted by molar-refractivity contribution is 5.97. The number of esters is 2. The highest BCUT2D eigenvalue weighted by Crippen LogP contribution is 2.08. The molecule has 0 heterocycles. The summed E-state index contributed by atoms with van der Waals surface area (Å²) in [5, 5.41) is 2.60. The molecule has 1 aromatic carbocycles. The lowest BCUT2D eigenvalue weighted by Gasteiger charge is -2.17. The third kappa shape index (κ3) is 6.37. The van der Waals surface area contributed by atoms with E-state index in [2.05, 4.69) is 5.32 Å². The van der Waals surface area contributed by atoms with Gasteiger partial charge in [0, 0.05) is 18.5 Å². The van der Waals surface area contributed by atoms with Crippen LogP contribution in [0.4, 0.5) is 0 Å². The SMILES string of the molecule is CCOC(=O)CC[C@H](NC(=O)c1cccc(CN)c1)C(=O)OCC. The zero-order chi connectivity index (χ0) is 17.9. The molecule has 0 aliphatic heterocycles. The van der Waals surface area contributed by atoms with Crippen LogP contribution in [0, 0.1) is 0 Å². The molecule has 132 valence electrons. The minimum absolute atomic E-state index is 0.0143. The second-order valence-electron chi connectivity index (χ2n) is 5.03. The lowest BCUT2D eigenvalue weighted by Crippen LogP contribution is -2.42. The molecule has 7 heteroatoms. The molecule has 0 saturated carbocycles. The first-order valence-electron chi connectivity index (χ1n) is 7.93. The minimum atomic E-state index is -0.914. The van der Waals surface area contributed by atoms with Gasteiger partial charge in [0.15, 0.2) is 0 Å². The molecule has 0 aliphatic rings. The van der Waals surface area contributed by atoms with Crippen molar-refractivity contribution in [1.82, 2.24) is 5.32 Å². The fourth-order valence-corrected chi connectivity index (χ4v) is 2.07. The zero-order valence-corrected chi connectivity index (χ0v) is 14.0. The van der Waals surface area contributed by atoms with Crippen molar-refractivity contribution >= 4 is 17.8 Å². The molecular weight excluding hydrogens is 312 g/mol. The predicted octanol–water partition coefficient (Wildman–Crippen LogP) is 1.15. The Kier molecular flexibility index (Phi) is 8.49. The highest BCUT2D eigenvalue weighted by atomic mass is 16.5. The second kappa shape index (κ2) is 10.4. The van der Waals surface area contributed by atoms with Crippen LogP contribution in [0.25, 0.3) is 0 Å². The third-order valence-electron chi connectivity index (χ3n) is 3.24. The highest BCUT2D eigenvalue weighted by Gasteiger charge is 2.24. The largest absolute Gasteiger partial charge is 0.466 e. The minimum Gasteiger partial charge on any atom is -0.466 e. The maximum Gasteiger partial charge on any atom is 0.328 e. The van der Waals surface area contributed by atoms with E-state index in [0.717, 1.165) is 5.56 Å². The Hall–Kier alpha value is -2.41. The van der Waals surface area contributed by atoms with Crippen molar-refractivity contribution in [3.8, 4) is 0 Å². The molecule has 0 spiro atoms. The average Bonchev–Trinajstić information content (AvgIpc) is 2.58. The van der Waals surface area contributed by atoms with Crippen LogP contribution in [-0.4, -0.2) is 37.1 Å². The third-order valence-corrected chi connectivity index (χ3v) is 3.24. The van der Waals surface area contributed by atoms with Crippen molar-refractivity contribution in [1.29, 1.82) is 0 Å². The van der Waals surface area contributed by atoms with Gasteiger partial charge >= 0.3 is 11.9 Å². The summed E-state index contributed by atoms with van der Waals surface area (Å²) in [7, 11) is 0. The van der Waals surface area contributed by atoms with Crippen molar-refractivity contribution in [3.63, 3.8) is 0 Å². The van der Waals surface area contributed by atoms with E-state index in [1.54, 1.807) is 38.1 Å². The Labute approximate surface area is 141 Å². The molecule has 0 bridgehead atoms. The van der Waals surface area contributed by atoms with Crippen molar-refractivity contribution in [2.24, 2.45) is 5.73 Å². The Bertz CT molecular complexity index is 574. The van der Waals surface area contributed by atoms with Gasteiger partial charge in [0.2, 0.25) is 0 Å². The molecule has 0 saturated heterocycles. The summed E-state index contributed by atoms with van der Waals surface area (Å²) in [5.41, 5.74) is 6.76. The van der Waals surface area contributed by atoms with Crippen LogP contribution < -0.4 is 11.1 Å². The van der Waals surface area contributed by atoms with Gasteiger partial charge in [-0.05, 0) is 38.0 Å². The predicted molar refractivity (Wildman–Crippen MR) is 88.1 cm³/mol. The van der Waals surface area contributed by atoms with E-state index < -0.39 is 23.9 Å². The van der Waals surface area contributed by atoms with Crippen molar-refractivity contribution in [2.75, 3.05) is 13.2 Å². The molecule has 1 atom stereocenters. The summed E-state index contributed by atoms with van der Waals surface area (Å²) in [6.45, 7) is 4.14. The van der Waals surface area contributed by atoms with E-state index in [-0.39, 0.29) is 26.1 Å². The van der Waals surface area contributed by atoms with Crippen LogP contribution in [0.5, 0.6) is 0 Å². The maximum atomic E-state index is 12.3. The number of hydrogen-bond donors (Lipinski definition) is 2. The van der Waals surface area contributed by atoms with Crippen molar-refractivity contribution in [2.45, 2.75) is 39.3 Å². The lowest BCUT2D eigenvalue weighted by molar-refractivity contribution is -0.146. The van der Waals surface area contributed by atoms with Crippen LogP contribution in [0.3, 0.4) is 0 Å². The van der Waals surface area contributed by atoms with Crippen LogP contribution in [0.1, 0.15) is 42.6 Å². The molecular formula is C17H24N2O5. The molecule has 0 fully saturated rings. The molecule has 0 unspecified atom stereocenters. The lowest BCUT2D eigenvalue weighted by atomic mass is 10.1. The number of ether oxygens (including phenoxy) is 2. The van der Waals surface area contributed by atoms with Gasteiger partial charge in [-0.2, -0.15) is 0 Å². The molecule has 0 aromatic heterocycles. The van der Waals surface area contributed by atoms with Crippen LogP contribution in [-0.2, 0) is 25.6 Å². The number of carbonyl (C=O) groups excluding carboxylic acids is 3. The number of hydrogen-bond acceptors (Lipinski definition) is 6. The number of rotatable bonds is 9. The van der Waals surface area contributed by atoms with Crippen molar-refractivity contribution < 1.29 is 23.9 Å². The Morgan fingerprint density at radius 2 is 1.88 bits per heavy atom. The van der Waals surface area contributed by atoms with Gasteiger partial charge < -0.3 is 20.5 Å². The van der Waals surface area contributed by atoms with Crippen LogP contribution in [0.15, 0.2) is 24.3 Å². The topological polar surface area (TPSA) is 108 Å². The first kappa shape index (κ1) is 19.6. The summed E-state index contributed by atoms with van der Waals surface area (Å²) in [6.07, 6.45) is 0.125. The fraction of sp³-hybridized carbons (Fsp3) is 0.471. The van der Waals surface area contributed by atoms with Gasteiger partial charge in [0.25, 0.3) is 5.91 Å². The second-order valence-corrected chi connectivity index (χ2v) is 5.03. The van der Waals surface area contributed by atoms with E-state index in [9.17, 15) is 14.4 Å². The number of nitrogens with one attached hydrogen (secondary N) is 1. The van der Waals surface area contributed by atoms with Gasteiger partial charge in [0.1, 0.15) is 6.04 Å². The molecule has 24 heavy (non-hydrogen) atoms. The summed E-state index contributed by atoms with van der Waals surface area (Å²) >= 11 is 0. The molecule has 1 rings (SSSR count). The summed E-state index contributed by atoms with van der Waals surface area (Å²) in [5.74, 6) is -1.43. The Morgan fingerprint density at radius 1 is 1.17 bits per heavy atom. The standard InChI is InChI=1S/C17H24N2O5/c1-3-23-15(20)9-8-14(17(22)24-4-2)19-16(21)13-7-5-6-12(10-13)11-18/h5-7,10,14H,3-4,8-9,11,18H2,1-2H3,(H,19,21)/t14-/m0/s1. The average molecular weight is 336 g/mol. The Morgan fingerprint density at radius 3 is 2.50 bits per heavy atom. The van der Waals surface area contributed by atoms with E-state index in [4.69, 9.17) is 15.2 Å². The molecule has 3 N–H and O–H groups in total. The summed E-state index contributed by atoms with van der Waals surface area (Å²) in [4.78, 5) is 35.8. The molecule has 0 aliphatic carbocycles. The van der Waals surface area contributed by atoms with Gasteiger partial charge in [-0.25, -0.2) is 4.79 Å². The summed E-state index contributed by atoms with van der Waals surface area (Å²) < 4.78 is 9.79. The van der Waals surface area contributed by atoms with E-state index in [1.807, 2.05) is 0 Å². The Balaban J connectivity index is 2.76. The number of nitrogens with two attached hydrogens (primary N) is 1. The fourth-order valence-electron chi connectivity index (χ4n) is 2.07. The number of amides is 1. The van der Waals surface area contributed by atoms with Gasteiger partial charge in [-0.15, -0.1) is 0 Å². The van der Waals surface area contributed by atoms with Gasteiger partial charge in [-0.3, -0.25) is 9.59 Å². The van der Waals surface area contributed by atoms with E-state index in [0.29, 0.717) is 12.1 Å². The normalized spacial score (nSPS) is 11.5. The van der Waals surface area contributed by atoms with Crippen molar-refractivity contribution in [3.05, 3.63) is 35.4 Å². The zero-order valence-electron chi connectivity index (χ0n) is 14.0. The van der Waals surface area contributed by atoms with E-state index in [1.165, 1.54) is 0 Å². The smallest absolute Gasteiger partial charge is 0.328 e. The molecule has 0 radical (unpaired) electrons. The first-order chi connectivity index (χ1) is 11.5. The number of carbonyl (C=O) groups is 3. The molecule has 7 nitrogen and oxygen atoms in total. The van der Waals surface area contributed by atoms with Crippen LogP contribution in [0.2, 0.25) is 0 Å². The van der Waals surface area contributed by atoms with Crippen LogP contribution >= 0.6 is 0 Å². The molecule has 1 aromatic rings. The first-order valence-corrected chi connectivity index (χ1v) is 7.93. The molecule has 1 amide bonds. The van der Waals surface area contributed by atoms with Gasteiger partial charge in [-0.1, -0.05) is 12.1 Å².